The van der Waals surface area contributed by atoms with Crippen LogP contribution in [0.3, 0.4) is 0 Å². The number of nitrogens with one attached hydrogen (secondary N) is 1. The molecule has 1 fully saturated rings. The van der Waals surface area contributed by atoms with Crippen molar-refractivity contribution in [2.24, 2.45) is 5.92 Å². The first-order chi connectivity index (χ1) is 8.20. The van der Waals surface area contributed by atoms with E-state index in [0.717, 1.165) is 35.8 Å². The summed E-state index contributed by atoms with van der Waals surface area (Å²) in [6.07, 6.45) is 1.28. The van der Waals surface area contributed by atoms with Gasteiger partial charge in [0.1, 0.15) is 5.75 Å². The molecule has 1 saturated heterocycles. The molecule has 1 aromatic carbocycles. The van der Waals surface area contributed by atoms with Crippen molar-refractivity contribution < 1.29 is 4.74 Å². The number of halogens is 1. The smallest absolute Gasteiger partial charge is 0.133 e. The van der Waals surface area contributed by atoms with E-state index in [1.807, 2.05) is 6.07 Å². The summed E-state index contributed by atoms with van der Waals surface area (Å²) in [6, 6.07) is 6.22. The van der Waals surface area contributed by atoms with Gasteiger partial charge in [0.15, 0.2) is 0 Å². The average molecular weight is 299 g/mol. The second kappa shape index (κ2) is 5.74. The lowest BCUT2D eigenvalue weighted by Crippen LogP contribution is -2.26. The van der Waals surface area contributed by atoms with E-state index in [1.54, 1.807) is 7.11 Å². The molecule has 0 radical (unpaired) electrons. The highest BCUT2D eigenvalue weighted by Crippen LogP contribution is 2.29. The van der Waals surface area contributed by atoms with Crippen molar-refractivity contribution in [1.29, 1.82) is 0 Å². The van der Waals surface area contributed by atoms with Crippen LogP contribution in [-0.4, -0.2) is 33.8 Å². The van der Waals surface area contributed by atoms with Crippen LogP contribution in [0, 0.1) is 5.92 Å². The first-order valence-electron chi connectivity index (χ1n) is 5.96. The van der Waals surface area contributed by atoms with Crippen LogP contribution in [0.5, 0.6) is 5.75 Å². The quantitative estimate of drug-likeness (QED) is 0.924. The van der Waals surface area contributed by atoms with Crippen molar-refractivity contribution in [3.05, 3.63) is 22.7 Å². The van der Waals surface area contributed by atoms with Gasteiger partial charge in [-0.2, -0.15) is 0 Å². The third-order valence-electron chi connectivity index (χ3n) is 3.27. The summed E-state index contributed by atoms with van der Waals surface area (Å²) in [6.45, 7) is 3.40. The molecule has 3 nitrogen and oxygen atoms in total. The zero-order valence-electron chi connectivity index (χ0n) is 10.4. The van der Waals surface area contributed by atoms with Gasteiger partial charge in [0, 0.05) is 19.3 Å². The molecule has 0 aromatic heterocycles. The minimum Gasteiger partial charge on any atom is -0.496 e. The predicted octanol–water partition coefficient (Wildman–Crippen LogP) is 2.50. The van der Waals surface area contributed by atoms with Crippen LogP contribution in [0.15, 0.2) is 22.7 Å². The van der Waals surface area contributed by atoms with Gasteiger partial charge in [0.05, 0.1) is 11.6 Å². The van der Waals surface area contributed by atoms with Crippen LogP contribution in [0.4, 0.5) is 5.69 Å². The number of ether oxygens (including phenoxy) is 1. The Hall–Kier alpha value is -0.740. The largest absolute Gasteiger partial charge is 0.496 e. The molecular weight excluding hydrogens is 280 g/mol. The van der Waals surface area contributed by atoms with Crippen molar-refractivity contribution in [3.8, 4) is 5.75 Å². The Morgan fingerprint density at radius 3 is 2.94 bits per heavy atom. The molecule has 1 aliphatic heterocycles. The minimum atomic E-state index is 0.765. The average Bonchev–Trinajstić information content (AvgIpc) is 2.81. The molecule has 0 amide bonds. The summed E-state index contributed by atoms with van der Waals surface area (Å²) >= 11 is 3.52. The number of hydrogen-bond acceptors (Lipinski definition) is 3. The van der Waals surface area contributed by atoms with E-state index < -0.39 is 0 Å². The van der Waals surface area contributed by atoms with Crippen LogP contribution in [0.25, 0.3) is 0 Å². The monoisotopic (exact) mass is 298 g/mol. The zero-order valence-corrected chi connectivity index (χ0v) is 12.0. The van der Waals surface area contributed by atoms with Gasteiger partial charge in [-0.25, -0.2) is 0 Å². The Labute approximate surface area is 111 Å². The van der Waals surface area contributed by atoms with E-state index in [-0.39, 0.29) is 0 Å². The normalized spacial score (nSPS) is 19.4. The van der Waals surface area contributed by atoms with Crippen molar-refractivity contribution in [2.75, 3.05) is 38.7 Å². The third-order valence-corrected chi connectivity index (χ3v) is 3.89. The maximum atomic E-state index is 5.24. The van der Waals surface area contributed by atoms with Crippen LogP contribution in [0.1, 0.15) is 6.42 Å². The molecule has 1 N–H and O–H groups in total. The van der Waals surface area contributed by atoms with Crippen LogP contribution in [-0.2, 0) is 0 Å². The van der Waals surface area contributed by atoms with E-state index >= 15 is 0 Å². The highest BCUT2D eigenvalue weighted by molar-refractivity contribution is 9.10. The fourth-order valence-electron chi connectivity index (χ4n) is 2.26. The number of anilines is 1. The molecule has 1 unspecified atom stereocenters. The summed E-state index contributed by atoms with van der Waals surface area (Å²) < 4.78 is 6.25. The number of rotatable bonds is 4. The molecule has 0 aliphatic carbocycles. The highest BCUT2D eigenvalue weighted by Gasteiger charge is 2.16. The Balaban J connectivity index is 2.02. The molecule has 1 aromatic rings. The number of methoxy groups -OCH3 is 1. The number of benzene rings is 1. The molecule has 94 valence electrons. The standard InChI is InChI=1S/C13H19BrN2O/c1-16(9-10-5-6-15-8-10)11-3-4-13(17-2)12(14)7-11/h3-4,7,10,15H,5-6,8-9H2,1-2H3. The lowest BCUT2D eigenvalue weighted by Gasteiger charge is -2.23. The van der Waals surface area contributed by atoms with E-state index in [2.05, 4.69) is 45.3 Å². The fourth-order valence-corrected chi connectivity index (χ4v) is 2.78. The predicted molar refractivity (Wildman–Crippen MR) is 74.9 cm³/mol. The minimum absolute atomic E-state index is 0.765. The molecular formula is C13H19BrN2O. The van der Waals surface area contributed by atoms with E-state index in [9.17, 15) is 0 Å². The summed E-state index contributed by atoms with van der Waals surface area (Å²) in [7, 11) is 3.83. The van der Waals surface area contributed by atoms with Gasteiger partial charge >= 0.3 is 0 Å². The number of nitrogens with zero attached hydrogens (tertiary/aromatic N) is 1. The summed E-state index contributed by atoms with van der Waals surface area (Å²) in [5.41, 5.74) is 1.23. The molecule has 2 rings (SSSR count). The highest BCUT2D eigenvalue weighted by atomic mass is 79.9. The number of hydrogen-bond donors (Lipinski definition) is 1. The topological polar surface area (TPSA) is 24.5 Å². The lowest BCUT2D eigenvalue weighted by molar-refractivity contribution is 0.412. The third kappa shape index (κ3) is 3.13. The summed E-state index contributed by atoms with van der Waals surface area (Å²) in [5.74, 6) is 1.64. The van der Waals surface area contributed by atoms with E-state index in [0.29, 0.717) is 0 Å². The Morgan fingerprint density at radius 2 is 2.35 bits per heavy atom. The van der Waals surface area contributed by atoms with Crippen LogP contribution >= 0.6 is 15.9 Å². The zero-order chi connectivity index (χ0) is 12.3. The molecule has 0 saturated carbocycles. The van der Waals surface area contributed by atoms with Crippen LogP contribution < -0.4 is 15.0 Å². The van der Waals surface area contributed by atoms with Gasteiger partial charge in [0.2, 0.25) is 0 Å². The van der Waals surface area contributed by atoms with Gasteiger partial charge in [-0.3, -0.25) is 0 Å². The van der Waals surface area contributed by atoms with Crippen molar-refractivity contribution >= 4 is 21.6 Å². The first-order valence-corrected chi connectivity index (χ1v) is 6.75. The second-order valence-corrected chi connectivity index (χ2v) is 5.41. The van der Waals surface area contributed by atoms with Gasteiger partial charge in [-0.15, -0.1) is 0 Å². The summed E-state index contributed by atoms with van der Waals surface area (Å²) in [4.78, 5) is 2.31. The van der Waals surface area contributed by atoms with Gasteiger partial charge in [-0.1, -0.05) is 0 Å². The van der Waals surface area contributed by atoms with Crippen molar-refractivity contribution in [3.63, 3.8) is 0 Å². The molecule has 1 atom stereocenters. The van der Waals surface area contributed by atoms with Crippen LogP contribution in [0.2, 0.25) is 0 Å². The Bertz CT molecular complexity index is 378. The van der Waals surface area contributed by atoms with Crippen molar-refractivity contribution in [1.82, 2.24) is 5.32 Å². The Kier molecular flexibility index (Phi) is 4.29. The van der Waals surface area contributed by atoms with Gasteiger partial charge in [-0.05, 0) is 59.6 Å². The van der Waals surface area contributed by atoms with Gasteiger partial charge in [0.25, 0.3) is 0 Å². The Morgan fingerprint density at radius 1 is 1.53 bits per heavy atom. The molecule has 1 heterocycles. The van der Waals surface area contributed by atoms with E-state index in [4.69, 9.17) is 4.74 Å². The molecule has 0 spiro atoms. The fraction of sp³-hybridized carbons (Fsp3) is 0.538. The summed E-state index contributed by atoms with van der Waals surface area (Å²) in [5, 5.41) is 3.40. The second-order valence-electron chi connectivity index (χ2n) is 4.56. The first kappa shape index (κ1) is 12.7. The van der Waals surface area contributed by atoms with E-state index in [1.165, 1.54) is 12.1 Å². The molecule has 17 heavy (non-hydrogen) atoms. The molecule has 4 heteroatoms. The maximum Gasteiger partial charge on any atom is 0.133 e. The van der Waals surface area contributed by atoms with Crippen molar-refractivity contribution in [2.45, 2.75) is 6.42 Å². The molecule has 0 bridgehead atoms. The maximum absolute atomic E-state index is 5.24. The SMILES string of the molecule is COc1ccc(N(C)CC2CCNC2)cc1Br. The lowest BCUT2D eigenvalue weighted by atomic mass is 10.1. The molecule has 1 aliphatic rings. The van der Waals surface area contributed by atoms with Gasteiger partial charge < -0.3 is 15.0 Å².